The number of benzene rings is 3. The van der Waals surface area contributed by atoms with E-state index in [1.165, 1.54) is 36.4 Å². The van der Waals surface area contributed by atoms with Gasteiger partial charge in [-0.2, -0.15) is 0 Å². The number of aliphatic hydroxyl groups is 1. The molecular weight excluding hydrogens is 504 g/mol. The first-order valence-electron chi connectivity index (χ1n) is 12.1. The standard InChI is InChI=1S/C30H26O9/c1-2-18-35-30-26(39-29(34)22-16-10-5-11-17-22)25(38-28(33)21-14-8-4-9-15-21)24(23(19-31)36-30)37-27(32)20-12-6-3-7-13-20/h1,3-17,23-26,30-31H,18-19H2. The van der Waals surface area contributed by atoms with Crippen LogP contribution in [-0.4, -0.2) is 66.9 Å². The molecular formula is C30H26O9. The smallest absolute Gasteiger partial charge is 0.338 e. The lowest BCUT2D eigenvalue weighted by molar-refractivity contribution is -0.295. The second kappa shape index (κ2) is 13.3. The Morgan fingerprint density at radius 1 is 0.692 bits per heavy atom. The van der Waals surface area contributed by atoms with Gasteiger partial charge in [-0.3, -0.25) is 0 Å². The van der Waals surface area contributed by atoms with Crippen LogP contribution in [-0.2, 0) is 23.7 Å². The van der Waals surface area contributed by atoms with Crippen molar-refractivity contribution in [3.05, 3.63) is 108 Å². The molecule has 1 heterocycles. The molecule has 0 amide bonds. The molecule has 5 unspecified atom stereocenters. The van der Waals surface area contributed by atoms with Crippen molar-refractivity contribution in [3.63, 3.8) is 0 Å². The minimum Gasteiger partial charge on any atom is -0.452 e. The van der Waals surface area contributed by atoms with E-state index in [9.17, 15) is 19.5 Å². The largest absolute Gasteiger partial charge is 0.452 e. The van der Waals surface area contributed by atoms with Gasteiger partial charge in [-0.1, -0.05) is 60.5 Å². The lowest BCUT2D eigenvalue weighted by Crippen LogP contribution is -2.63. The molecule has 5 atom stereocenters. The molecule has 1 N–H and O–H groups in total. The monoisotopic (exact) mass is 530 g/mol. The number of terminal acetylenes is 1. The summed E-state index contributed by atoms with van der Waals surface area (Å²) in [5.41, 5.74) is 0.626. The fourth-order valence-corrected chi connectivity index (χ4v) is 3.99. The van der Waals surface area contributed by atoms with E-state index in [2.05, 4.69) is 5.92 Å². The van der Waals surface area contributed by atoms with Gasteiger partial charge < -0.3 is 28.8 Å². The molecule has 3 aromatic rings. The maximum atomic E-state index is 13.2. The molecule has 0 aliphatic carbocycles. The zero-order valence-electron chi connectivity index (χ0n) is 20.8. The Kier molecular flexibility index (Phi) is 9.43. The summed E-state index contributed by atoms with van der Waals surface area (Å²) in [5, 5.41) is 10.1. The van der Waals surface area contributed by atoms with Gasteiger partial charge in [0, 0.05) is 0 Å². The first-order valence-corrected chi connectivity index (χ1v) is 12.1. The van der Waals surface area contributed by atoms with E-state index in [-0.39, 0.29) is 23.3 Å². The summed E-state index contributed by atoms with van der Waals surface area (Å²) in [6.07, 6.45) is -1.45. The Bertz CT molecular complexity index is 1290. The van der Waals surface area contributed by atoms with Crippen molar-refractivity contribution in [2.24, 2.45) is 0 Å². The highest BCUT2D eigenvalue weighted by molar-refractivity contribution is 5.91. The summed E-state index contributed by atoms with van der Waals surface area (Å²) >= 11 is 0. The van der Waals surface area contributed by atoms with Gasteiger partial charge in [-0.15, -0.1) is 6.42 Å². The molecule has 1 aliphatic rings. The SMILES string of the molecule is C#CCOC1OC(CO)C(OC(=O)c2ccccc2)C(OC(=O)c2ccccc2)C1OC(=O)c1ccccc1. The number of ether oxygens (including phenoxy) is 5. The third kappa shape index (κ3) is 6.89. The molecule has 0 bridgehead atoms. The van der Waals surface area contributed by atoms with Gasteiger partial charge in [0.25, 0.3) is 0 Å². The summed E-state index contributed by atoms with van der Waals surface area (Å²) in [7, 11) is 0. The minimum absolute atomic E-state index is 0.201. The summed E-state index contributed by atoms with van der Waals surface area (Å²) in [5.74, 6) is -0.0126. The average Bonchev–Trinajstić information content (AvgIpc) is 2.99. The predicted molar refractivity (Wildman–Crippen MR) is 137 cm³/mol. The first-order chi connectivity index (χ1) is 19.0. The van der Waals surface area contributed by atoms with Crippen LogP contribution in [0.15, 0.2) is 91.0 Å². The second-order valence-electron chi connectivity index (χ2n) is 8.45. The van der Waals surface area contributed by atoms with Crippen LogP contribution < -0.4 is 0 Å². The number of esters is 3. The number of aliphatic hydroxyl groups excluding tert-OH is 1. The third-order valence-electron chi connectivity index (χ3n) is 5.86. The topological polar surface area (TPSA) is 118 Å². The maximum absolute atomic E-state index is 13.2. The van der Waals surface area contributed by atoms with Crippen molar-refractivity contribution < 1.29 is 43.2 Å². The van der Waals surface area contributed by atoms with Crippen molar-refractivity contribution in [1.82, 2.24) is 0 Å². The van der Waals surface area contributed by atoms with Crippen LogP contribution in [0.4, 0.5) is 0 Å². The molecule has 0 aromatic heterocycles. The van der Waals surface area contributed by atoms with Crippen LogP contribution in [0.2, 0.25) is 0 Å². The van der Waals surface area contributed by atoms with Gasteiger partial charge in [-0.25, -0.2) is 14.4 Å². The molecule has 200 valence electrons. The molecule has 9 heteroatoms. The van der Waals surface area contributed by atoms with E-state index in [1.54, 1.807) is 54.6 Å². The zero-order valence-corrected chi connectivity index (χ0v) is 20.8. The minimum atomic E-state index is -1.44. The zero-order chi connectivity index (χ0) is 27.6. The Morgan fingerprint density at radius 3 is 1.51 bits per heavy atom. The second-order valence-corrected chi connectivity index (χ2v) is 8.45. The van der Waals surface area contributed by atoms with Crippen LogP contribution in [0.25, 0.3) is 0 Å². The predicted octanol–water partition coefficient (Wildman–Crippen LogP) is 3.03. The third-order valence-corrected chi connectivity index (χ3v) is 5.86. The van der Waals surface area contributed by atoms with E-state index in [0.29, 0.717) is 0 Å². The van der Waals surface area contributed by atoms with Gasteiger partial charge >= 0.3 is 17.9 Å². The number of rotatable bonds is 9. The van der Waals surface area contributed by atoms with Crippen molar-refractivity contribution in [2.75, 3.05) is 13.2 Å². The Balaban J connectivity index is 1.71. The van der Waals surface area contributed by atoms with Crippen LogP contribution in [0.1, 0.15) is 31.1 Å². The average molecular weight is 531 g/mol. The van der Waals surface area contributed by atoms with E-state index in [0.717, 1.165) is 0 Å². The Hall–Kier alpha value is -4.49. The molecule has 39 heavy (non-hydrogen) atoms. The van der Waals surface area contributed by atoms with Crippen molar-refractivity contribution in [1.29, 1.82) is 0 Å². The van der Waals surface area contributed by atoms with Crippen molar-refractivity contribution >= 4 is 17.9 Å². The van der Waals surface area contributed by atoms with Crippen molar-refractivity contribution in [2.45, 2.75) is 30.7 Å². The fraction of sp³-hybridized carbons (Fsp3) is 0.233. The molecule has 0 spiro atoms. The highest BCUT2D eigenvalue weighted by atomic mass is 16.7. The molecule has 1 aliphatic heterocycles. The van der Waals surface area contributed by atoms with Gasteiger partial charge in [0.2, 0.25) is 0 Å². The Labute approximate surface area is 225 Å². The molecule has 3 aromatic carbocycles. The fourth-order valence-electron chi connectivity index (χ4n) is 3.99. The molecule has 0 radical (unpaired) electrons. The van der Waals surface area contributed by atoms with Gasteiger partial charge in [0.05, 0.1) is 23.3 Å². The highest BCUT2D eigenvalue weighted by Gasteiger charge is 2.53. The highest BCUT2D eigenvalue weighted by Crippen LogP contribution is 2.31. The van der Waals surface area contributed by atoms with Gasteiger partial charge in [-0.05, 0) is 36.4 Å². The lowest BCUT2D eigenvalue weighted by atomic mass is 9.97. The van der Waals surface area contributed by atoms with E-state index in [4.69, 9.17) is 30.1 Å². The van der Waals surface area contributed by atoms with Gasteiger partial charge in [0.15, 0.2) is 24.6 Å². The molecule has 4 rings (SSSR count). The number of hydrogen-bond acceptors (Lipinski definition) is 9. The van der Waals surface area contributed by atoms with E-state index < -0.39 is 55.2 Å². The summed E-state index contributed by atoms with van der Waals surface area (Å²) in [6.45, 7) is -0.878. The number of carbonyl (C=O) groups excluding carboxylic acids is 3. The molecule has 0 saturated carbocycles. The molecule has 1 fully saturated rings. The Morgan fingerprint density at radius 2 is 1.10 bits per heavy atom. The van der Waals surface area contributed by atoms with Crippen LogP contribution >= 0.6 is 0 Å². The van der Waals surface area contributed by atoms with Gasteiger partial charge in [0.1, 0.15) is 12.7 Å². The maximum Gasteiger partial charge on any atom is 0.338 e. The van der Waals surface area contributed by atoms with Crippen LogP contribution in [0, 0.1) is 12.3 Å². The quantitative estimate of drug-likeness (QED) is 0.253. The summed E-state index contributed by atoms with van der Waals surface area (Å²) < 4.78 is 28.7. The van der Waals surface area contributed by atoms with Crippen molar-refractivity contribution in [3.8, 4) is 12.3 Å². The summed E-state index contributed by atoms with van der Waals surface area (Å²) in [4.78, 5) is 39.2. The number of hydrogen-bond donors (Lipinski definition) is 1. The van der Waals surface area contributed by atoms with E-state index >= 15 is 0 Å². The first kappa shape index (κ1) is 27.5. The molecule has 9 nitrogen and oxygen atoms in total. The van der Waals surface area contributed by atoms with E-state index in [1.807, 2.05) is 0 Å². The number of carbonyl (C=O) groups is 3. The summed E-state index contributed by atoms with van der Waals surface area (Å²) in [6, 6.07) is 24.3. The lowest BCUT2D eigenvalue weighted by Gasteiger charge is -2.43. The molecule has 1 saturated heterocycles. The van der Waals surface area contributed by atoms with Crippen LogP contribution in [0.5, 0.6) is 0 Å². The normalized spacial score (nSPS) is 22.2. The van der Waals surface area contributed by atoms with Crippen LogP contribution in [0.3, 0.4) is 0 Å².